The normalized spacial score (nSPS) is 31.2. The first kappa shape index (κ1) is 17.2. The van der Waals surface area contributed by atoms with Gasteiger partial charge in [-0.25, -0.2) is 8.42 Å². The highest BCUT2D eigenvalue weighted by Gasteiger charge is 2.49. The van der Waals surface area contributed by atoms with Gasteiger partial charge in [0.15, 0.2) is 0 Å². The lowest BCUT2D eigenvalue weighted by molar-refractivity contribution is -0.150. The van der Waals surface area contributed by atoms with E-state index in [1.54, 1.807) is 0 Å². The van der Waals surface area contributed by atoms with Gasteiger partial charge in [0.05, 0.1) is 11.2 Å². The fraction of sp³-hybridized carbons (Fsp3) is 0.938. The van der Waals surface area contributed by atoms with Crippen LogP contribution >= 0.6 is 0 Å². The predicted molar refractivity (Wildman–Crippen MR) is 88.0 cm³/mol. The second-order valence-electron chi connectivity index (χ2n) is 7.38. The molecule has 0 aromatic heterocycles. The van der Waals surface area contributed by atoms with Gasteiger partial charge in [-0.2, -0.15) is 0 Å². The number of hydrogen-bond acceptors (Lipinski definition) is 5. The van der Waals surface area contributed by atoms with E-state index in [1.165, 1.54) is 6.26 Å². The van der Waals surface area contributed by atoms with E-state index in [-0.39, 0.29) is 11.2 Å². The van der Waals surface area contributed by atoms with Crippen molar-refractivity contribution < 1.29 is 17.9 Å². The van der Waals surface area contributed by atoms with Crippen molar-refractivity contribution in [2.24, 2.45) is 5.41 Å². The van der Waals surface area contributed by atoms with Gasteiger partial charge in [0.2, 0.25) is 5.91 Å². The van der Waals surface area contributed by atoms with Crippen molar-refractivity contribution >= 4 is 15.7 Å². The molecule has 3 aliphatic heterocycles. The van der Waals surface area contributed by atoms with E-state index in [0.717, 1.165) is 65.0 Å². The van der Waals surface area contributed by atoms with Crippen LogP contribution in [0.15, 0.2) is 0 Å². The van der Waals surface area contributed by atoms with E-state index in [0.29, 0.717) is 18.5 Å². The summed E-state index contributed by atoms with van der Waals surface area (Å²) in [6.07, 6.45) is 6.04. The van der Waals surface area contributed by atoms with Crippen molar-refractivity contribution in [1.29, 1.82) is 0 Å². The molecule has 3 fully saturated rings. The number of ether oxygens (including phenoxy) is 1. The summed E-state index contributed by atoms with van der Waals surface area (Å²) in [5.41, 5.74) is -0.270. The summed E-state index contributed by atoms with van der Waals surface area (Å²) in [7, 11) is -2.95. The highest BCUT2D eigenvalue weighted by molar-refractivity contribution is 7.90. The molecule has 3 aliphatic rings. The lowest BCUT2D eigenvalue weighted by Crippen LogP contribution is -2.55. The summed E-state index contributed by atoms with van der Waals surface area (Å²) in [4.78, 5) is 17.4. The molecule has 0 radical (unpaired) electrons. The van der Waals surface area contributed by atoms with Gasteiger partial charge in [-0.05, 0) is 38.6 Å². The first-order valence-electron chi connectivity index (χ1n) is 8.69. The van der Waals surface area contributed by atoms with Crippen LogP contribution < -0.4 is 0 Å². The molecular formula is C16H28N2O4S. The van der Waals surface area contributed by atoms with Crippen LogP contribution in [0, 0.1) is 5.41 Å². The summed E-state index contributed by atoms with van der Waals surface area (Å²) in [6, 6.07) is 0.332. The molecule has 132 valence electrons. The predicted octanol–water partition coefficient (Wildman–Crippen LogP) is 0.525. The number of likely N-dealkylation sites (tertiary alicyclic amines) is 2. The maximum absolute atomic E-state index is 13.1. The Hall–Kier alpha value is -0.660. The van der Waals surface area contributed by atoms with E-state index in [2.05, 4.69) is 9.80 Å². The van der Waals surface area contributed by atoms with Crippen LogP contribution in [0.2, 0.25) is 0 Å². The number of hydrogen-bond donors (Lipinski definition) is 0. The van der Waals surface area contributed by atoms with E-state index in [4.69, 9.17) is 4.74 Å². The van der Waals surface area contributed by atoms with Crippen LogP contribution in [0.1, 0.15) is 32.1 Å². The molecule has 0 aromatic carbocycles. The first-order valence-corrected chi connectivity index (χ1v) is 10.7. The SMILES string of the molecule is CS(=O)(=O)CCN1CC[C@]2(CCCN(C3CCOCC3)C2=O)C1. The van der Waals surface area contributed by atoms with Crippen LogP contribution in [0.3, 0.4) is 0 Å². The first-order chi connectivity index (χ1) is 10.9. The number of sulfone groups is 1. The lowest BCUT2D eigenvalue weighted by atomic mass is 9.77. The minimum absolute atomic E-state index is 0.181. The Morgan fingerprint density at radius 2 is 1.96 bits per heavy atom. The lowest BCUT2D eigenvalue weighted by Gasteiger charge is -2.44. The Morgan fingerprint density at radius 1 is 1.22 bits per heavy atom. The van der Waals surface area contributed by atoms with Crippen molar-refractivity contribution in [1.82, 2.24) is 9.80 Å². The summed E-state index contributed by atoms with van der Waals surface area (Å²) >= 11 is 0. The van der Waals surface area contributed by atoms with Gasteiger partial charge in [0.1, 0.15) is 9.84 Å². The molecule has 6 nitrogen and oxygen atoms in total. The molecule has 0 aliphatic carbocycles. The van der Waals surface area contributed by atoms with Crippen LogP contribution in [0.25, 0.3) is 0 Å². The Bertz CT molecular complexity index is 544. The third-order valence-electron chi connectivity index (χ3n) is 5.61. The van der Waals surface area contributed by atoms with Gasteiger partial charge < -0.3 is 14.5 Å². The Labute approximate surface area is 139 Å². The fourth-order valence-electron chi connectivity index (χ4n) is 4.27. The molecule has 0 N–H and O–H groups in total. The Balaban J connectivity index is 1.63. The molecule has 0 saturated carbocycles. The average molecular weight is 344 g/mol. The van der Waals surface area contributed by atoms with Gasteiger partial charge in [0.25, 0.3) is 0 Å². The molecule has 1 spiro atoms. The molecule has 1 amide bonds. The number of carbonyl (C=O) groups is 1. The molecule has 0 unspecified atom stereocenters. The number of rotatable bonds is 4. The number of piperidine rings is 1. The highest BCUT2D eigenvalue weighted by atomic mass is 32.2. The fourth-order valence-corrected chi connectivity index (χ4v) is 4.86. The van der Waals surface area contributed by atoms with Crippen LogP contribution in [0.4, 0.5) is 0 Å². The van der Waals surface area contributed by atoms with Gasteiger partial charge in [0, 0.05) is 45.1 Å². The zero-order valence-electron chi connectivity index (χ0n) is 14.0. The van der Waals surface area contributed by atoms with Crippen LogP contribution in [-0.2, 0) is 19.4 Å². The standard InChI is InChI=1S/C16H28N2O4S/c1-23(20,21)12-9-17-8-6-16(13-17)5-2-7-18(15(16)19)14-3-10-22-11-4-14/h14H,2-13H2,1H3/t16-/m1/s1. The zero-order valence-corrected chi connectivity index (χ0v) is 14.8. The minimum atomic E-state index is -2.95. The molecule has 7 heteroatoms. The van der Waals surface area contributed by atoms with Crippen LogP contribution in [0.5, 0.6) is 0 Å². The molecular weight excluding hydrogens is 316 g/mol. The molecule has 23 heavy (non-hydrogen) atoms. The van der Waals surface area contributed by atoms with E-state index >= 15 is 0 Å². The maximum Gasteiger partial charge on any atom is 0.230 e. The van der Waals surface area contributed by atoms with Gasteiger partial charge in [-0.3, -0.25) is 4.79 Å². The van der Waals surface area contributed by atoms with E-state index in [1.807, 2.05) is 0 Å². The second-order valence-corrected chi connectivity index (χ2v) is 9.64. The van der Waals surface area contributed by atoms with Crippen molar-refractivity contribution in [3.05, 3.63) is 0 Å². The smallest absolute Gasteiger partial charge is 0.230 e. The molecule has 3 rings (SSSR count). The molecule has 0 bridgehead atoms. The average Bonchev–Trinajstić information content (AvgIpc) is 2.93. The van der Waals surface area contributed by atoms with Crippen molar-refractivity contribution in [2.75, 3.05) is 51.4 Å². The van der Waals surface area contributed by atoms with Gasteiger partial charge in [-0.15, -0.1) is 0 Å². The van der Waals surface area contributed by atoms with Crippen molar-refractivity contribution in [2.45, 2.75) is 38.1 Å². The van der Waals surface area contributed by atoms with E-state index in [9.17, 15) is 13.2 Å². The number of amides is 1. The monoisotopic (exact) mass is 344 g/mol. The second kappa shape index (κ2) is 6.69. The Morgan fingerprint density at radius 3 is 2.65 bits per heavy atom. The molecule has 1 atom stereocenters. The van der Waals surface area contributed by atoms with E-state index < -0.39 is 9.84 Å². The summed E-state index contributed by atoms with van der Waals surface area (Å²) in [6.45, 7) is 4.48. The largest absolute Gasteiger partial charge is 0.381 e. The van der Waals surface area contributed by atoms with Crippen molar-refractivity contribution in [3.8, 4) is 0 Å². The number of carbonyl (C=O) groups excluding carboxylic acids is 1. The van der Waals surface area contributed by atoms with Gasteiger partial charge in [-0.1, -0.05) is 0 Å². The maximum atomic E-state index is 13.1. The summed E-state index contributed by atoms with van der Waals surface area (Å²) in [5, 5.41) is 0. The molecule has 3 heterocycles. The van der Waals surface area contributed by atoms with Gasteiger partial charge >= 0.3 is 0 Å². The molecule has 3 saturated heterocycles. The highest BCUT2D eigenvalue weighted by Crippen LogP contribution is 2.41. The van der Waals surface area contributed by atoms with Crippen molar-refractivity contribution in [3.63, 3.8) is 0 Å². The third kappa shape index (κ3) is 3.88. The minimum Gasteiger partial charge on any atom is -0.381 e. The number of nitrogens with zero attached hydrogens (tertiary/aromatic N) is 2. The quantitative estimate of drug-likeness (QED) is 0.744. The van der Waals surface area contributed by atoms with Crippen LogP contribution in [-0.4, -0.2) is 81.6 Å². The summed E-state index contributed by atoms with van der Waals surface area (Å²) in [5.74, 6) is 0.485. The topological polar surface area (TPSA) is 66.9 Å². The third-order valence-corrected chi connectivity index (χ3v) is 6.54. The Kier molecular flexibility index (Phi) is 4.99. The molecule has 0 aromatic rings. The zero-order chi connectivity index (χ0) is 16.5. The summed E-state index contributed by atoms with van der Waals surface area (Å²) < 4.78 is 28.2.